The van der Waals surface area contributed by atoms with Gasteiger partial charge in [-0.15, -0.1) is 0 Å². The smallest absolute Gasteiger partial charge is 0.306 e. The van der Waals surface area contributed by atoms with Crippen LogP contribution in [0.2, 0.25) is 0 Å². The highest BCUT2D eigenvalue weighted by molar-refractivity contribution is 5.85. The van der Waals surface area contributed by atoms with Gasteiger partial charge in [0.05, 0.1) is 25.7 Å². The first kappa shape index (κ1) is 36.0. The fourth-order valence-electron chi connectivity index (χ4n) is 4.14. The monoisotopic (exact) mass is 542 g/mol. The summed E-state index contributed by atoms with van der Waals surface area (Å²) in [5.74, 6) is -2.53. The number of carboxylic acid groups (broad SMARTS) is 1. The molecule has 0 spiro atoms. The number of Topliss-reactive ketones (excluding diaryl/α,β-unsaturated/α-hetero) is 1. The number of carbonyl (C=O) groups is 4. The van der Waals surface area contributed by atoms with Gasteiger partial charge in [0.25, 0.3) is 0 Å². The number of ether oxygens (including phenoxy) is 2. The Morgan fingerprint density at radius 1 is 0.711 bits per heavy atom. The molecule has 222 valence electrons. The summed E-state index contributed by atoms with van der Waals surface area (Å²) in [5.41, 5.74) is 0. The van der Waals surface area contributed by atoms with Crippen molar-refractivity contribution in [3.05, 3.63) is 0 Å². The summed E-state index contributed by atoms with van der Waals surface area (Å²) in [5, 5.41) is 14.5. The van der Waals surface area contributed by atoms with Crippen LogP contribution in [0.4, 0.5) is 0 Å². The summed E-state index contributed by atoms with van der Waals surface area (Å²) in [6.45, 7) is 3.34. The first-order chi connectivity index (χ1) is 18.4. The maximum atomic E-state index is 11.9. The van der Waals surface area contributed by atoms with Crippen LogP contribution >= 0.6 is 0 Å². The maximum absolute atomic E-state index is 11.9. The van der Waals surface area contributed by atoms with Crippen LogP contribution in [0.25, 0.3) is 0 Å². The van der Waals surface area contributed by atoms with Crippen LogP contribution in [0.5, 0.6) is 0 Å². The first-order valence-corrected chi connectivity index (χ1v) is 14.8. The van der Waals surface area contributed by atoms with Crippen molar-refractivity contribution < 1.29 is 33.8 Å². The summed E-state index contributed by atoms with van der Waals surface area (Å²) >= 11 is 0. The number of hydrogen-bond donors (Lipinski definition) is 3. The minimum absolute atomic E-state index is 0.0444. The quantitative estimate of drug-likeness (QED) is 0.121. The zero-order valence-electron chi connectivity index (χ0n) is 24.0. The molecule has 0 aliphatic rings. The number of unbranched alkanes of at least 4 members (excludes halogenated alkanes) is 12. The molecule has 0 saturated carbocycles. The van der Waals surface area contributed by atoms with E-state index in [1.165, 1.54) is 77.7 Å². The Balaban J connectivity index is 3.50. The number of aliphatic carboxylic acids is 1. The Bertz CT molecular complexity index is 628. The van der Waals surface area contributed by atoms with Crippen molar-refractivity contribution >= 4 is 23.6 Å². The molecular weight excluding hydrogens is 488 g/mol. The predicted octanol–water partition coefficient (Wildman–Crippen LogP) is 4.80. The van der Waals surface area contributed by atoms with Gasteiger partial charge in [0.2, 0.25) is 11.8 Å². The first-order valence-electron chi connectivity index (χ1n) is 14.8. The molecule has 0 aromatic carbocycles. The Morgan fingerprint density at radius 2 is 1.26 bits per heavy atom. The molecule has 0 aromatic rings. The predicted molar refractivity (Wildman–Crippen MR) is 149 cm³/mol. The van der Waals surface area contributed by atoms with Crippen LogP contribution in [0.15, 0.2) is 0 Å². The van der Waals surface area contributed by atoms with Gasteiger partial charge in [0, 0.05) is 32.9 Å². The zero-order valence-corrected chi connectivity index (χ0v) is 24.0. The number of rotatable bonds is 28. The van der Waals surface area contributed by atoms with Gasteiger partial charge < -0.3 is 25.2 Å². The second kappa shape index (κ2) is 26.6. The average molecular weight is 543 g/mol. The van der Waals surface area contributed by atoms with Crippen LogP contribution in [0.3, 0.4) is 0 Å². The third-order valence-corrected chi connectivity index (χ3v) is 6.53. The van der Waals surface area contributed by atoms with Crippen molar-refractivity contribution in [2.45, 2.75) is 116 Å². The molecule has 0 bridgehead atoms. The fraction of sp³-hybridized carbons (Fsp3) is 0.862. The van der Waals surface area contributed by atoms with Gasteiger partial charge in [0.1, 0.15) is 6.61 Å². The van der Waals surface area contributed by atoms with Gasteiger partial charge in [-0.3, -0.25) is 19.2 Å². The topological polar surface area (TPSA) is 131 Å². The van der Waals surface area contributed by atoms with E-state index in [1.54, 1.807) is 0 Å². The molecule has 2 amide bonds. The lowest BCUT2D eigenvalue weighted by Crippen LogP contribution is -2.27. The van der Waals surface area contributed by atoms with Crippen molar-refractivity contribution in [2.24, 2.45) is 5.92 Å². The van der Waals surface area contributed by atoms with Crippen LogP contribution in [0.1, 0.15) is 116 Å². The van der Waals surface area contributed by atoms with E-state index in [0.29, 0.717) is 19.6 Å². The average Bonchev–Trinajstić information content (AvgIpc) is 2.90. The third kappa shape index (κ3) is 24.3. The fourth-order valence-corrected chi connectivity index (χ4v) is 4.14. The van der Waals surface area contributed by atoms with Crippen LogP contribution in [-0.2, 0) is 28.7 Å². The molecule has 3 N–H and O–H groups in total. The van der Waals surface area contributed by atoms with Gasteiger partial charge in [-0.2, -0.15) is 0 Å². The molecule has 0 aliphatic heterocycles. The standard InChI is InChI=1S/C29H54N2O7/c1-3-4-5-6-7-8-9-10-11-12-13-14-15-16-28(34)31-19-20-37-21-22-38-24-26(32)23-25(29(35)36)17-18-27(33)30-2/h25H,3-24H2,1-2H3,(H,30,33)(H,31,34)(H,35,36). The van der Waals surface area contributed by atoms with E-state index in [2.05, 4.69) is 17.6 Å². The number of carbonyl (C=O) groups excluding carboxylic acids is 3. The molecule has 0 fully saturated rings. The SMILES string of the molecule is CCCCCCCCCCCCCCCC(=O)NCCOCCOCC(=O)CC(CCC(=O)NC)C(=O)O. The second-order valence-corrected chi connectivity index (χ2v) is 10.00. The summed E-state index contributed by atoms with van der Waals surface area (Å²) in [7, 11) is 1.48. The van der Waals surface area contributed by atoms with Crippen molar-refractivity contribution in [3.8, 4) is 0 Å². The van der Waals surface area contributed by atoms with Gasteiger partial charge in [0.15, 0.2) is 5.78 Å². The molecule has 0 saturated heterocycles. The molecule has 1 unspecified atom stereocenters. The van der Waals surface area contributed by atoms with Gasteiger partial charge >= 0.3 is 5.97 Å². The highest BCUT2D eigenvalue weighted by Gasteiger charge is 2.22. The lowest BCUT2D eigenvalue weighted by atomic mass is 9.97. The molecule has 1 atom stereocenters. The summed E-state index contributed by atoms with van der Waals surface area (Å²) in [4.78, 5) is 46.4. The number of ketones is 1. The van der Waals surface area contributed by atoms with Gasteiger partial charge in [-0.25, -0.2) is 0 Å². The Kier molecular flexibility index (Phi) is 25.2. The molecule has 9 heteroatoms. The molecule has 0 aromatic heterocycles. The summed E-state index contributed by atoms with van der Waals surface area (Å²) in [6.07, 6.45) is 17.2. The van der Waals surface area contributed by atoms with Crippen LogP contribution in [0, 0.1) is 5.92 Å². The molecular formula is C29H54N2O7. The van der Waals surface area contributed by atoms with Gasteiger partial charge in [-0.05, 0) is 12.8 Å². The molecule has 9 nitrogen and oxygen atoms in total. The molecule has 0 heterocycles. The van der Waals surface area contributed by atoms with E-state index in [9.17, 15) is 24.3 Å². The van der Waals surface area contributed by atoms with Crippen LogP contribution in [-0.4, -0.2) is 68.7 Å². The Hall–Kier alpha value is -2.00. The van der Waals surface area contributed by atoms with E-state index in [-0.39, 0.29) is 56.7 Å². The summed E-state index contributed by atoms with van der Waals surface area (Å²) < 4.78 is 10.6. The van der Waals surface area contributed by atoms with Gasteiger partial charge in [-0.1, -0.05) is 84.0 Å². The van der Waals surface area contributed by atoms with E-state index >= 15 is 0 Å². The number of carboxylic acids is 1. The molecule has 0 radical (unpaired) electrons. The number of hydrogen-bond acceptors (Lipinski definition) is 6. The minimum Gasteiger partial charge on any atom is -0.481 e. The van der Waals surface area contributed by atoms with E-state index < -0.39 is 11.9 Å². The van der Waals surface area contributed by atoms with E-state index in [1.807, 2.05) is 0 Å². The summed E-state index contributed by atoms with van der Waals surface area (Å²) in [6, 6.07) is 0. The molecule has 0 aliphatic carbocycles. The third-order valence-electron chi connectivity index (χ3n) is 6.53. The Morgan fingerprint density at radius 3 is 1.82 bits per heavy atom. The molecule has 0 rings (SSSR count). The van der Waals surface area contributed by atoms with E-state index in [0.717, 1.165) is 12.8 Å². The van der Waals surface area contributed by atoms with Crippen LogP contribution < -0.4 is 10.6 Å². The highest BCUT2D eigenvalue weighted by Crippen LogP contribution is 2.14. The lowest BCUT2D eigenvalue weighted by molar-refractivity contribution is -0.144. The molecule has 38 heavy (non-hydrogen) atoms. The second-order valence-electron chi connectivity index (χ2n) is 10.00. The Labute approximate surface area is 230 Å². The van der Waals surface area contributed by atoms with E-state index in [4.69, 9.17) is 9.47 Å². The van der Waals surface area contributed by atoms with Crippen molar-refractivity contribution in [1.29, 1.82) is 0 Å². The largest absolute Gasteiger partial charge is 0.481 e. The van der Waals surface area contributed by atoms with Crippen molar-refractivity contribution in [1.82, 2.24) is 10.6 Å². The minimum atomic E-state index is -1.10. The maximum Gasteiger partial charge on any atom is 0.306 e. The number of amides is 2. The highest BCUT2D eigenvalue weighted by atomic mass is 16.5. The van der Waals surface area contributed by atoms with Crippen molar-refractivity contribution in [3.63, 3.8) is 0 Å². The van der Waals surface area contributed by atoms with Crippen molar-refractivity contribution in [2.75, 3.05) is 40.0 Å². The lowest BCUT2D eigenvalue weighted by Gasteiger charge is -2.11. The zero-order chi connectivity index (χ0) is 28.3. The number of nitrogens with one attached hydrogen (secondary N) is 2. The normalized spacial score (nSPS) is 11.7.